The number of amides is 2. The molecule has 36 heavy (non-hydrogen) atoms. The minimum absolute atomic E-state index is 0.0133. The predicted octanol–water partition coefficient (Wildman–Crippen LogP) is 3.84. The molecule has 0 aliphatic heterocycles. The minimum Gasteiger partial charge on any atom is -0.381 e. The molecule has 2 heterocycles. The third-order valence-electron chi connectivity index (χ3n) is 6.17. The molecule has 1 aromatic carbocycles. The van der Waals surface area contributed by atoms with E-state index in [1.807, 2.05) is 30.3 Å². The predicted molar refractivity (Wildman–Crippen MR) is 134 cm³/mol. The Morgan fingerprint density at radius 3 is 2.61 bits per heavy atom. The summed E-state index contributed by atoms with van der Waals surface area (Å²) in [7, 11) is 0. The average molecular weight is 535 g/mol. The average Bonchev–Trinajstić information content (AvgIpc) is 3.55. The van der Waals surface area contributed by atoms with Crippen LogP contribution in [0.3, 0.4) is 0 Å². The van der Waals surface area contributed by atoms with Crippen LogP contribution >= 0.6 is 22.7 Å². The summed E-state index contributed by atoms with van der Waals surface area (Å²) in [4.78, 5) is 34.1. The van der Waals surface area contributed by atoms with Crippen LogP contribution in [0.1, 0.15) is 52.9 Å². The van der Waals surface area contributed by atoms with Gasteiger partial charge in [-0.2, -0.15) is 0 Å². The summed E-state index contributed by atoms with van der Waals surface area (Å²) in [6, 6.07) is 8.43. The molecule has 2 unspecified atom stereocenters. The molecular weight excluding hydrogens is 506 g/mol. The van der Waals surface area contributed by atoms with E-state index in [1.165, 1.54) is 22.7 Å². The zero-order chi connectivity index (χ0) is 25.5. The van der Waals surface area contributed by atoms with Gasteiger partial charge in [0.25, 0.3) is 5.91 Å². The van der Waals surface area contributed by atoms with Gasteiger partial charge in [-0.1, -0.05) is 30.3 Å². The van der Waals surface area contributed by atoms with Crippen LogP contribution in [0.15, 0.2) is 47.3 Å². The van der Waals surface area contributed by atoms with E-state index >= 15 is 0 Å². The van der Waals surface area contributed by atoms with Gasteiger partial charge in [0.05, 0.1) is 29.7 Å². The van der Waals surface area contributed by atoms with Crippen LogP contribution in [0, 0.1) is 0 Å². The molecule has 1 aliphatic rings. The number of hydrogen-bond donors (Lipinski definition) is 3. The topological polar surface area (TPSA) is 104 Å². The van der Waals surface area contributed by atoms with Crippen LogP contribution in [0.4, 0.5) is 8.78 Å². The Kier molecular flexibility index (Phi) is 8.76. The van der Waals surface area contributed by atoms with Gasteiger partial charge in [0.15, 0.2) is 6.10 Å². The summed E-state index contributed by atoms with van der Waals surface area (Å²) in [6.07, 6.45) is 0.877. The number of carbonyl (C=O) groups excluding carboxylic acids is 2. The molecular formula is C25H28F2N4O3S2. The van der Waals surface area contributed by atoms with Gasteiger partial charge < -0.3 is 15.7 Å². The fourth-order valence-electron chi connectivity index (χ4n) is 4.20. The number of nitrogens with one attached hydrogen (secondary N) is 2. The molecule has 2 aromatic heterocycles. The molecule has 7 nitrogen and oxygen atoms in total. The lowest BCUT2D eigenvalue weighted by atomic mass is 9.87. The monoisotopic (exact) mass is 534 g/mol. The largest absolute Gasteiger partial charge is 0.381 e. The van der Waals surface area contributed by atoms with E-state index in [4.69, 9.17) is 0 Å². The Morgan fingerprint density at radius 1 is 1.17 bits per heavy atom. The van der Waals surface area contributed by atoms with E-state index in [9.17, 15) is 23.5 Å². The Hall–Kier alpha value is -2.76. The zero-order valence-corrected chi connectivity index (χ0v) is 21.2. The van der Waals surface area contributed by atoms with E-state index in [0.717, 1.165) is 10.6 Å². The van der Waals surface area contributed by atoms with Crippen molar-refractivity contribution in [1.29, 1.82) is 0 Å². The first kappa shape index (κ1) is 26.3. The van der Waals surface area contributed by atoms with Crippen molar-refractivity contribution in [3.05, 3.63) is 68.6 Å². The molecule has 0 spiro atoms. The van der Waals surface area contributed by atoms with E-state index in [1.54, 1.807) is 17.0 Å². The Morgan fingerprint density at radius 2 is 1.92 bits per heavy atom. The second kappa shape index (κ2) is 12.0. The lowest BCUT2D eigenvalue weighted by molar-refractivity contribution is -0.132. The molecule has 4 rings (SSSR count). The molecule has 0 bridgehead atoms. The van der Waals surface area contributed by atoms with Crippen molar-refractivity contribution in [3.8, 4) is 0 Å². The number of carbonyl (C=O) groups is 2. The number of aliphatic hydroxyl groups excluding tert-OH is 1. The summed E-state index contributed by atoms with van der Waals surface area (Å²) in [5, 5.41) is 21.3. The van der Waals surface area contributed by atoms with Crippen LogP contribution in [-0.2, 0) is 29.0 Å². The second-order valence-electron chi connectivity index (χ2n) is 8.94. The maximum Gasteiger partial charge on any atom is 0.251 e. The third-order valence-corrected chi connectivity index (χ3v) is 8.01. The number of benzene rings is 1. The molecule has 3 aromatic rings. The van der Waals surface area contributed by atoms with Crippen LogP contribution in [0.2, 0.25) is 0 Å². The molecule has 11 heteroatoms. The summed E-state index contributed by atoms with van der Waals surface area (Å²) < 4.78 is 26.9. The molecule has 0 saturated heterocycles. The van der Waals surface area contributed by atoms with Crippen molar-refractivity contribution in [2.75, 3.05) is 0 Å². The number of alkyl halides is 2. The summed E-state index contributed by atoms with van der Waals surface area (Å²) in [6.45, 7) is 0.189. The number of rotatable bonds is 10. The van der Waals surface area contributed by atoms with Gasteiger partial charge in [0, 0.05) is 35.7 Å². The third kappa shape index (κ3) is 7.37. The van der Waals surface area contributed by atoms with Crippen molar-refractivity contribution in [3.63, 3.8) is 0 Å². The normalized spacial score (nSPS) is 17.3. The number of hydrogen-bond acceptors (Lipinski definition) is 7. The van der Waals surface area contributed by atoms with Crippen LogP contribution in [-0.4, -0.2) is 45.0 Å². The molecule has 192 valence electrons. The van der Waals surface area contributed by atoms with Gasteiger partial charge in [-0.15, -0.1) is 22.7 Å². The van der Waals surface area contributed by atoms with E-state index in [2.05, 4.69) is 20.6 Å². The molecule has 1 saturated carbocycles. The van der Waals surface area contributed by atoms with Crippen molar-refractivity contribution < 1.29 is 23.5 Å². The van der Waals surface area contributed by atoms with Gasteiger partial charge in [-0.25, -0.2) is 18.7 Å². The fraction of sp³-hybridized carbons (Fsp3) is 0.440. The summed E-state index contributed by atoms with van der Waals surface area (Å²) in [5.74, 6) is -3.59. The van der Waals surface area contributed by atoms with Crippen LogP contribution < -0.4 is 10.6 Å². The molecule has 2 atom stereocenters. The number of halogens is 2. The minimum atomic E-state index is -2.60. The second-order valence-corrected chi connectivity index (χ2v) is 10.8. The highest BCUT2D eigenvalue weighted by Gasteiger charge is 2.36. The smallest absolute Gasteiger partial charge is 0.251 e. The summed E-state index contributed by atoms with van der Waals surface area (Å²) in [5.41, 5.74) is 1.41. The van der Waals surface area contributed by atoms with Gasteiger partial charge in [0.1, 0.15) is 5.01 Å². The highest BCUT2D eigenvalue weighted by molar-refractivity contribution is 7.09. The first-order chi connectivity index (χ1) is 17.3. The zero-order valence-electron chi connectivity index (χ0n) is 19.5. The Bertz CT molecular complexity index is 1130. The van der Waals surface area contributed by atoms with Gasteiger partial charge in [0.2, 0.25) is 11.8 Å². The lowest BCUT2D eigenvalue weighted by Crippen LogP contribution is -2.51. The Balaban J connectivity index is 1.37. The number of aliphatic hydroxyl groups is 1. The number of nitrogens with zero attached hydrogens (tertiary/aromatic N) is 2. The summed E-state index contributed by atoms with van der Waals surface area (Å²) >= 11 is 2.77. The molecule has 1 fully saturated rings. The van der Waals surface area contributed by atoms with Crippen molar-refractivity contribution in [1.82, 2.24) is 20.6 Å². The first-order valence-corrected chi connectivity index (χ1v) is 13.5. The van der Waals surface area contributed by atoms with Gasteiger partial charge >= 0.3 is 0 Å². The highest BCUT2D eigenvalue weighted by atomic mass is 32.1. The van der Waals surface area contributed by atoms with Crippen LogP contribution in [0.25, 0.3) is 0 Å². The van der Waals surface area contributed by atoms with Crippen LogP contribution in [0.5, 0.6) is 0 Å². The molecule has 3 N–H and O–H groups in total. The lowest BCUT2D eigenvalue weighted by Gasteiger charge is -2.26. The van der Waals surface area contributed by atoms with E-state index in [-0.39, 0.29) is 44.1 Å². The number of aromatic nitrogens is 2. The standard InChI is InChI=1S/C25H28F2N4O3S2/c26-25(27)8-6-17(7-9-25)24-30-18(15-36-24)13-20(32)31-19(12-16-4-2-1-3-5-16)22(33)23(34)29-14-21-28-10-11-35-21/h1-5,10-11,15,17,19,22,33H,6-9,12-14H2,(H,29,34)(H,31,32). The van der Waals surface area contributed by atoms with Crippen molar-refractivity contribution in [2.24, 2.45) is 0 Å². The first-order valence-electron chi connectivity index (χ1n) is 11.8. The maximum absolute atomic E-state index is 13.5. The van der Waals surface area contributed by atoms with Crippen molar-refractivity contribution >= 4 is 34.5 Å². The molecule has 0 radical (unpaired) electrons. The van der Waals surface area contributed by atoms with Crippen molar-refractivity contribution in [2.45, 2.75) is 69.1 Å². The highest BCUT2D eigenvalue weighted by Crippen LogP contribution is 2.41. The van der Waals surface area contributed by atoms with Gasteiger partial charge in [-0.05, 0) is 24.8 Å². The molecule has 2 amide bonds. The quantitative estimate of drug-likeness (QED) is 0.367. The fourth-order valence-corrected chi connectivity index (χ4v) is 5.75. The SMILES string of the molecule is O=C(Cc1csc(C2CCC(F)(F)CC2)n1)NC(Cc1ccccc1)C(O)C(=O)NCc1nccs1. The Labute approximate surface area is 216 Å². The van der Waals surface area contributed by atoms with Gasteiger partial charge in [-0.3, -0.25) is 9.59 Å². The molecule has 1 aliphatic carbocycles. The number of thiazole rings is 2. The van der Waals surface area contributed by atoms with E-state index in [0.29, 0.717) is 23.5 Å². The maximum atomic E-state index is 13.5. The van der Waals surface area contributed by atoms with E-state index < -0.39 is 24.0 Å².